The molecule has 2 aromatic heterocycles. The number of aromatic nitrogens is 4. The maximum atomic E-state index is 6.10. The lowest BCUT2D eigenvalue weighted by Crippen LogP contribution is -2.24. The molecule has 2 aromatic rings. The van der Waals surface area contributed by atoms with Crippen LogP contribution in [0.1, 0.15) is 39.2 Å². The Morgan fingerprint density at radius 1 is 1.32 bits per heavy atom. The maximum absolute atomic E-state index is 6.10. The van der Waals surface area contributed by atoms with E-state index in [-0.39, 0.29) is 5.41 Å². The summed E-state index contributed by atoms with van der Waals surface area (Å²) in [7, 11) is 1.89. The van der Waals surface area contributed by atoms with Crippen LogP contribution in [-0.2, 0) is 18.9 Å². The molecule has 0 aliphatic carbocycles. The highest BCUT2D eigenvalue weighted by Gasteiger charge is 2.26. The van der Waals surface area contributed by atoms with E-state index in [1.54, 1.807) is 4.68 Å². The van der Waals surface area contributed by atoms with Gasteiger partial charge in [0.15, 0.2) is 5.82 Å². The second kappa shape index (κ2) is 4.29. The van der Waals surface area contributed by atoms with E-state index in [2.05, 4.69) is 37.8 Å². The van der Waals surface area contributed by atoms with Gasteiger partial charge in [-0.25, -0.2) is 9.66 Å². The summed E-state index contributed by atoms with van der Waals surface area (Å²) in [6.07, 6.45) is 2.77. The van der Waals surface area contributed by atoms with Gasteiger partial charge in [0.25, 0.3) is 0 Å². The van der Waals surface area contributed by atoms with Gasteiger partial charge in [-0.2, -0.15) is 5.10 Å². The average Bonchev–Trinajstić information content (AvgIpc) is 2.80. The van der Waals surface area contributed by atoms with Crippen LogP contribution in [0.15, 0.2) is 6.20 Å². The van der Waals surface area contributed by atoms with E-state index in [0.29, 0.717) is 5.82 Å². The molecule has 0 aromatic carbocycles. The lowest BCUT2D eigenvalue weighted by atomic mass is 9.96. The van der Waals surface area contributed by atoms with Crippen molar-refractivity contribution in [3.8, 4) is 11.3 Å². The van der Waals surface area contributed by atoms with Crippen molar-refractivity contribution in [3.63, 3.8) is 0 Å². The summed E-state index contributed by atoms with van der Waals surface area (Å²) in [5.74, 6) is 7.28. The fourth-order valence-electron chi connectivity index (χ4n) is 2.17. The quantitative estimate of drug-likeness (QED) is 0.802. The Morgan fingerprint density at radius 2 is 1.95 bits per heavy atom. The summed E-state index contributed by atoms with van der Waals surface area (Å²) in [4.78, 5) is 4.63. The first kappa shape index (κ1) is 13.5. The van der Waals surface area contributed by atoms with Crippen molar-refractivity contribution in [2.45, 2.75) is 39.5 Å². The molecule has 2 heterocycles. The Hall–Kier alpha value is -1.98. The largest absolute Gasteiger partial charge is 0.382 e. The normalized spacial score (nSPS) is 12.1. The molecular weight excluding hydrogens is 240 g/mol. The van der Waals surface area contributed by atoms with Gasteiger partial charge in [-0.1, -0.05) is 27.7 Å². The van der Waals surface area contributed by atoms with E-state index < -0.39 is 0 Å². The monoisotopic (exact) mass is 262 g/mol. The molecule has 6 nitrogen and oxygen atoms in total. The summed E-state index contributed by atoms with van der Waals surface area (Å²) in [5, 5.41) is 4.42. The molecule has 104 valence electrons. The van der Waals surface area contributed by atoms with Gasteiger partial charge in [0.2, 0.25) is 0 Å². The van der Waals surface area contributed by atoms with E-state index in [4.69, 9.17) is 11.6 Å². The predicted octanol–water partition coefficient (Wildman–Crippen LogP) is 1.44. The van der Waals surface area contributed by atoms with Crippen molar-refractivity contribution in [2.75, 3.05) is 11.6 Å². The van der Waals surface area contributed by atoms with Gasteiger partial charge < -0.3 is 11.6 Å². The maximum Gasteiger partial charge on any atom is 0.150 e. The minimum atomic E-state index is -0.157. The third-order valence-electron chi connectivity index (χ3n) is 3.11. The smallest absolute Gasteiger partial charge is 0.150 e. The number of nitrogens with zero attached hydrogens (tertiary/aromatic N) is 4. The Kier molecular flexibility index (Phi) is 3.04. The Balaban J connectivity index is 2.64. The first-order valence-electron chi connectivity index (χ1n) is 6.42. The summed E-state index contributed by atoms with van der Waals surface area (Å²) >= 11 is 0. The molecule has 6 heteroatoms. The third-order valence-corrected chi connectivity index (χ3v) is 3.11. The highest BCUT2D eigenvalue weighted by atomic mass is 15.4. The van der Waals surface area contributed by atoms with Gasteiger partial charge in [0.1, 0.15) is 11.5 Å². The standard InChI is InChI=1S/C13H22N6/c1-6-9-8(7-18(5)17-9)10-11(14)19(15)12(16-10)13(2,3)4/h7H,6,14-15H2,1-5H3. The Bertz CT molecular complexity index is 599. The minimum Gasteiger partial charge on any atom is -0.382 e. The van der Waals surface area contributed by atoms with Gasteiger partial charge >= 0.3 is 0 Å². The number of imidazole rings is 1. The topological polar surface area (TPSA) is 87.7 Å². The van der Waals surface area contributed by atoms with Crippen LogP contribution in [0.2, 0.25) is 0 Å². The molecular formula is C13H22N6. The molecule has 0 atom stereocenters. The van der Waals surface area contributed by atoms with E-state index in [0.717, 1.165) is 29.2 Å². The summed E-state index contributed by atoms with van der Waals surface area (Å²) in [6, 6.07) is 0. The molecule has 0 aliphatic heterocycles. The van der Waals surface area contributed by atoms with Crippen molar-refractivity contribution in [2.24, 2.45) is 7.05 Å². The second-order valence-electron chi connectivity index (χ2n) is 5.81. The van der Waals surface area contributed by atoms with Crippen LogP contribution < -0.4 is 11.6 Å². The number of aryl methyl sites for hydroxylation is 2. The van der Waals surface area contributed by atoms with Crippen molar-refractivity contribution in [1.29, 1.82) is 0 Å². The van der Waals surface area contributed by atoms with Crippen LogP contribution in [0, 0.1) is 0 Å². The molecule has 0 saturated heterocycles. The third kappa shape index (κ3) is 2.18. The SMILES string of the molecule is CCc1nn(C)cc1-c1nc(C(C)(C)C)n(N)c1N. The molecule has 0 fully saturated rings. The van der Waals surface area contributed by atoms with E-state index in [1.807, 2.05) is 13.2 Å². The molecule has 0 amide bonds. The van der Waals surface area contributed by atoms with Gasteiger partial charge in [-0.3, -0.25) is 4.68 Å². The van der Waals surface area contributed by atoms with Crippen LogP contribution in [0.4, 0.5) is 5.82 Å². The molecule has 0 spiro atoms. The van der Waals surface area contributed by atoms with Gasteiger partial charge in [-0.05, 0) is 6.42 Å². The number of anilines is 1. The molecule has 0 aliphatic rings. The van der Waals surface area contributed by atoms with Crippen molar-refractivity contribution >= 4 is 5.82 Å². The molecule has 19 heavy (non-hydrogen) atoms. The van der Waals surface area contributed by atoms with Crippen LogP contribution >= 0.6 is 0 Å². The first-order chi connectivity index (χ1) is 8.75. The van der Waals surface area contributed by atoms with E-state index in [9.17, 15) is 0 Å². The number of nitrogens with two attached hydrogens (primary N) is 2. The van der Waals surface area contributed by atoms with Crippen molar-refractivity contribution in [3.05, 3.63) is 17.7 Å². The number of rotatable bonds is 2. The Labute approximate surface area is 113 Å². The molecule has 0 saturated carbocycles. The van der Waals surface area contributed by atoms with Crippen LogP contribution in [-0.4, -0.2) is 19.4 Å². The highest BCUT2D eigenvalue weighted by molar-refractivity contribution is 5.72. The fraction of sp³-hybridized carbons (Fsp3) is 0.538. The summed E-state index contributed by atoms with van der Waals surface area (Å²) < 4.78 is 3.25. The van der Waals surface area contributed by atoms with Crippen LogP contribution in [0.5, 0.6) is 0 Å². The molecule has 0 unspecified atom stereocenters. The van der Waals surface area contributed by atoms with Gasteiger partial charge in [0, 0.05) is 24.2 Å². The lowest BCUT2D eigenvalue weighted by molar-refractivity contribution is 0.532. The van der Waals surface area contributed by atoms with Gasteiger partial charge in [0.05, 0.1) is 5.69 Å². The second-order valence-corrected chi connectivity index (χ2v) is 5.81. The lowest BCUT2D eigenvalue weighted by Gasteiger charge is -2.17. The number of hydrogen-bond acceptors (Lipinski definition) is 4. The van der Waals surface area contributed by atoms with Crippen LogP contribution in [0.3, 0.4) is 0 Å². The van der Waals surface area contributed by atoms with Crippen molar-refractivity contribution < 1.29 is 0 Å². The average molecular weight is 262 g/mol. The zero-order valence-corrected chi connectivity index (χ0v) is 12.2. The summed E-state index contributed by atoms with van der Waals surface area (Å²) in [5.41, 5.74) is 8.60. The highest BCUT2D eigenvalue weighted by Crippen LogP contribution is 2.31. The minimum absolute atomic E-state index is 0.157. The number of hydrogen-bond donors (Lipinski definition) is 2. The first-order valence-corrected chi connectivity index (χ1v) is 6.42. The summed E-state index contributed by atoms with van der Waals surface area (Å²) in [6.45, 7) is 8.25. The van der Waals surface area contributed by atoms with E-state index in [1.165, 1.54) is 4.68 Å². The van der Waals surface area contributed by atoms with E-state index >= 15 is 0 Å². The predicted molar refractivity (Wildman–Crippen MR) is 77.1 cm³/mol. The molecule has 0 bridgehead atoms. The van der Waals surface area contributed by atoms with Gasteiger partial charge in [-0.15, -0.1) is 0 Å². The zero-order chi connectivity index (χ0) is 14.4. The Morgan fingerprint density at radius 3 is 2.42 bits per heavy atom. The number of nitrogen functional groups attached to an aromatic ring is 2. The zero-order valence-electron chi connectivity index (χ0n) is 12.2. The molecule has 2 rings (SSSR count). The fourth-order valence-corrected chi connectivity index (χ4v) is 2.17. The molecule has 0 radical (unpaired) electrons. The molecule has 4 N–H and O–H groups in total. The van der Waals surface area contributed by atoms with Crippen LogP contribution in [0.25, 0.3) is 11.3 Å². The van der Waals surface area contributed by atoms with Crippen molar-refractivity contribution in [1.82, 2.24) is 19.4 Å².